The maximum absolute atomic E-state index is 11.9. The summed E-state index contributed by atoms with van der Waals surface area (Å²) in [5, 5.41) is 5.42. The molecule has 0 aliphatic carbocycles. The molecule has 2 atom stereocenters. The van der Waals surface area contributed by atoms with Crippen LogP contribution in [0.25, 0.3) is 0 Å². The van der Waals surface area contributed by atoms with Gasteiger partial charge in [-0.25, -0.2) is 0 Å². The van der Waals surface area contributed by atoms with E-state index in [0.29, 0.717) is 11.4 Å². The van der Waals surface area contributed by atoms with Gasteiger partial charge >= 0.3 is 0 Å². The number of rotatable bonds is 5. The molecular formula is C14H21N3O2. The van der Waals surface area contributed by atoms with Crippen LogP contribution in [0.3, 0.4) is 0 Å². The second kappa shape index (κ2) is 6.89. The molecule has 5 heteroatoms. The lowest BCUT2D eigenvalue weighted by Gasteiger charge is -2.17. The third kappa shape index (κ3) is 4.71. The average molecular weight is 263 g/mol. The van der Waals surface area contributed by atoms with E-state index in [-0.39, 0.29) is 17.7 Å². The second-order valence-corrected chi connectivity index (χ2v) is 4.66. The van der Waals surface area contributed by atoms with Gasteiger partial charge in [-0.1, -0.05) is 20.3 Å². The summed E-state index contributed by atoms with van der Waals surface area (Å²) in [4.78, 5) is 22.7. The van der Waals surface area contributed by atoms with Crippen molar-refractivity contribution >= 4 is 23.2 Å². The number of carbonyl (C=O) groups is 2. The summed E-state index contributed by atoms with van der Waals surface area (Å²) in [7, 11) is 0. The molecule has 0 saturated heterocycles. The zero-order valence-electron chi connectivity index (χ0n) is 11.6. The lowest BCUT2D eigenvalue weighted by Crippen LogP contribution is -2.40. The summed E-state index contributed by atoms with van der Waals surface area (Å²) < 4.78 is 0. The third-order valence-electron chi connectivity index (χ3n) is 3.03. The molecule has 0 aliphatic heterocycles. The van der Waals surface area contributed by atoms with E-state index < -0.39 is 6.04 Å². The van der Waals surface area contributed by atoms with Crippen molar-refractivity contribution in [2.45, 2.75) is 33.2 Å². The number of hydrogen-bond donors (Lipinski definition) is 3. The Labute approximate surface area is 113 Å². The van der Waals surface area contributed by atoms with Gasteiger partial charge in [-0.3, -0.25) is 9.59 Å². The summed E-state index contributed by atoms with van der Waals surface area (Å²) >= 11 is 0. The second-order valence-electron chi connectivity index (χ2n) is 4.66. The predicted octanol–water partition coefficient (Wildman–Crippen LogP) is 1.96. The summed E-state index contributed by atoms with van der Waals surface area (Å²) in [6.07, 6.45) is 0.857. The molecule has 0 saturated carbocycles. The fraction of sp³-hybridized carbons (Fsp3) is 0.429. The van der Waals surface area contributed by atoms with Crippen LogP contribution in [0.2, 0.25) is 0 Å². The van der Waals surface area contributed by atoms with Crippen LogP contribution in [-0.2, 0) is 9.59 Å². The highest BCUT2D eigenvalue weighted by Gasteiger charge is 2.19. The van der Waals surface area contributed by atoms with E-state index in [1.807, 2.05) is 13.8 Å². The fourth-order valence-electron chi connectivity index (χ4n) is 1.58. The van der Waals surface area contributed by atoms with Crippen LogP contribution in [0.5, 0.6) is 0 Å². The monoisotopic (exact) mass is 263 g/mol. The minimum atomic E-state index is -0.514. The molecule has 0 radical (unpaired) electrons. The zero-order chi connectivity index (χ0) is 14.4. The molecule has 2 amide bonds. The predicted molar refractivity (Wildman–Crippen MR) is 76.8 cm³/mol. The van der Waals surface area contributed by atoms with E-state index in [4.69, 9.17) is 5.73 Å². The number of nitrogens with one attached hydrogen (secondary N) is 2. The first kappa shape index (κ1) is 15.2. The molecule has 19 heavy (non-hydrogen) atoms. The largest absolute Gasteiger partial charge is 0.326 e. The summed E-state index contributed by atoms with van der Waals surface area (Å²) in [5.41, 5.74) is 7.20. The molecule has 1 unspecified atom stereocenters. The topological polar surface area (TPSA) is 84.2 Å². The van der Waals surface area contributed by atoms with Crippen LogP contribution in [-0.4, -0.2) is 17.9 Å². The van der Waals surface area contributed by atoms with Crippen LogP contribution in [0.15, 0.2) is 24.3 Å². The molecule has 0 aliphatic rings. The van der Waals surface area contributed by atoms with Crippen molar-refractivity contribution in [2.24, 2.45) is 11.7 Å². The lowest BCUT2D eigenvalue weighted by atomic mass is 9.99. The van der Waals surface area contributed by atoms with Crippen molar-refractivity contribution in [2.75, 3.05) is 10.6 Å². The van der Waals surface area contributed by atoms with Gasteiger partial charge in [-0.05, 0) is 30.2 Å². The fourth-order valence-corrected chi connectivity index (χ4v) is 1.58. The molecule has 0 spiro atoms. The van der Waals surface area contributed by atoms with Crippen LogP contribution < -0.4 is 16.4 Å². The average Bonchev–Trinajstić information content (AvgIpc) is 2.38. The highest BCUT2D eigenvalue weighted by atomic mass is 16.2. The molecule has 0 heterocycles. The van der Waals surface area contributed by atoms with Crippen molar-refractivity contribution < 1.29 is 9.59 Å². The first-order valence-electron chi connectivity index (χ1n) is 6.38. The molecule has 0 bridgehead atoms. The minimum Gasteiger partial charge on any atom is -0.326 e. The summed E-state index contributed by atoms with van der Waals surface area (Å²) in [6, 6.07) is 6.40. The Morgan fingerprint density at radius 2 is 1.63 bits per heavy atom. The highest BCUT2D eigenvalue weighted by molar-refractivity contribution is 5.95. The first-order valence-corrected chi connectivity index (χ1v) is 6.38. The summed E-state index contributed by atoms with van der Waals surface area (Å²) in [5.74, 6) is -0.184. The van der Waals surface area contributed by atoms with Crippen LogP contribution in [0, 0.1) is 5.92 Å². The summed E-state index contributed by atoms with van der Waals surface area (Å²) in [6.45, 7) is 5.39. The Bertz CT molecular complexity index is 443. The number of benzene rings is 1. The molecule has 5 nitrogen and oxygen atoms in total. The van der Waals surface area contributed by atoms with Crippen molar-refractivity contribution in [1.82, 2.24) is 0 Å². The Morgan fingerprint density at radius 3 is 2.05 bits per heavy atom. The molecule has 1 rings (SSSR count). The smallest absolute Gasteiger partial charge is 0.241 e. The van der Waals surface area contributed by atoms with E-state index in [1.165, 1.54) is 6.92 Å². The van der Waals surface area contributed by atoms with Crippen molar-refractivity contribution in [3.63, 3.8) is 0 Å². The van der Waals surface area contributed by atoms with Gasteiger partial charge in [0.1, 0.15) is 0 Å². The van der Waals surface area contributed by atoms with Gasteiger partial charge in [0.05, 0.1) is 6.04 Å². The van der Waals surface area contributed by atoms with Gasteiger partial charge in [0, 0.05) is 18.3 Å². The SMILES string of the molecule is CCC(C)[C@H](N)C(=O)Nc1ccc(NC(C)=O)cc1. The van der Waals surface area contributed by atoms with Gasteiger partial charge in [0.15, 0.2) is 0 Å². The van der Waals surface area contributed by atoms with Crippen LogP contribution in [0.4, 0.5) is 11.4 Å². The number of carbonyl (C=O) groups excluding carboxylic acids is 2. The Balaban J connectivity index is 2.62. The van der Waals surface area contributed by atoms with Crippen molar-refractivity contribution in [3.8, 4) is 0 Å². The van der Waals surface area contributed by atoms with Gasteiger partial charge < -0.3 is 16.4 Å². The number of nitrogens with two attached hydrogens (primary N) is 1. The first-order chi connectivity index (χ1) is 8.93. The lowest BCUT2D eigenvalue weighted by molar-refractivity contribution is -0.118. The normalized spacial score (nSPS) is 13.5. The van der Waals surface area contributed by atoms with Gasteiger partial charge in [0.2, 0.25) is 11.8 Å². The number of hydrogen-bond acceptors (Lipinski definition) is 3. The molecule has 0 aromatic heterocycles. The molecule has 104 valence electrons. The van der Waals surface area contributed by atoms with Gasteiger partial charge in [-0.15, -0.1) is 0 Å². The molecule has 0 fully saturated rings. The standard InChI is InChI=1S/C14H21N3O2/c1-4-9(2)13(15)14(19)17-12-7-5-11(6-8-12)16-10(3)18/h5-9,13H,4,15H2,1-3H3,(H,16,18)(H,17,19)/t9?,13-/m0/s1. The maximum atomic E-state index is 11.9. The van der Waals surface area contributed by atoms with Gasteiger partial charge in [0.25, 0.3) is 0 Å². The molecular weight excluding hydrogens is 242 g/mol. The quantitative estimate of drug-likeness (QED) is 0.759. The maximum Gasteiger partial charge on any atom is 0.241 e. The van der Waals surface area contributed by atoms with E-state index in [9.17, 15) is 9.59 Å². The number of amides is 2. The van der Waals surface area contributed by atoms with Crippen LogP contribution >= 0.6 is 0 Å². The Hall–Kier alpha value is -1.88. The molecule has 4 N–H and O–H groups in total. The minimum absolute atomic E-state index is 0.129. The molecule has 1 aromatic rings. The van der Waals surface area contributed by atoms with Crippen LogP contribution in [0.1, 0.15) is 27.2 Å². The third-order valence-corrected chi connectivity index (χ3v) is 3.03. The number of anilines is 2. The van der Waals surface area contributed by atoms with Gasteiger partial charge in [-0.2, -0.15) is 0 Å². The van der Waals surface area contributed by atoms with E-state index >= 15 is 0 Å². The Morgan fingerprint density at radius 1 is 1.16 bits per heavy atom. The highest BCUT2D eigenvalue weighted by Crippen LogP contribution is 2.15. The van der Waals surface area contributed by atoms with E-state index in [1.54, 1.807) is 24.3 Å². The van der Waals surface area contributed by atoms with Crippen molar-refractivity contribution in [1.29, 1.82) is 0 Å². The zero-order valence-corrected chi connectivity index (χ0v) is 11.6. The molecule has 1 aromatic carbocycles. The van der Waals surface area contributed by atoms with Crippen molar-refractivity contribution in [3.05, 3.63) is 24.3 Å². The Kier molecular flexibility index (Phi) is 5.51. The van der Waals surface area contributed by atoms with E-state index in [0.717, 1.165) is 6.42 Å². The van der Waals surface area contributed by atoms with E-state index in [2.05, 4.69) is 10.6 Å².